The van der Waals surface area contributed by atoms with E-state index in [0.29, 0.717) is 30.5 Å². The third-order valence-electron chi connectivity index (χ3n) is 3.51. The Labute approximate surface area is 119 Å². The summed E-state index contributed by atoms with van der Waals surface area (Å²) in [5, 5.41) is 19.0. The van der Waals surface area contributed by atoms with Crippen molar-refractivity contribution >= 4 is 10.0 Å². The highest BCUT2D eigenvalue weighted by Gasteiger charge is 2.34. The number of aliphatic hydroxyl groups is 1. The predicted octanol–water partition coefficient (Wildman–Crippen LogP) is 1.23. The first kappa shape index (κ1) is 15.0. The zero-order valence-corrected chi connectivity index (χ0v) is 12.2. The van der Waals surface area contributed by atoms with Gasteiger partial charge in [-0.15, -0.1) is 0 Å². The van der Waals surface area contributed by atoms with Crippen molar-refractivity contribution < 1.29 is 13.5 Å². The number of nitriles is 1. The summed E-state index contributed by atoms with van der Waals surface area (Å²) in [6.07, 6.45) is 1.25. The van der Waals surface area contributed by atoms with Gasteiger partial charge in [-0.3, -0.25) is 0 Å². The van der Waals surface area contributed by atoms with Crippen LogP contribution in [0.5, 0.6) is 0 Å². The summed E-state index contributed by atoms with van der Waals surface area (Å²) < 4.78 is 26.2. The van der Waals surface area contributed by atoms with Crippen LogP contribution >= 0.6 is 0 Å². The van der Waals surface area contributed by atoms with Crippen molar-refractivity contribution in [3.05, 3.63) is 35.4 Å². The first-order valence-corrected chi connectivity index (χ1v) is 8.13. The lowest BCUT2D eigenvalue weighted by atomic mass is 9.97. The van der Waals surface area contributed by atoms with E-state index in [1.165, 1.54) is 4.31 Å². The van der Waals surface area contributed by atoms with Crippen LogP contribution in [0.3, 0.4) is 0 Å². The van der Waals surface area contributed by atoms with Crippen molar-refractivity contribution in [1.29, 1.82) is 5.26 Å². The molecule has 1 saturated heterocycles. The Morgan fingerprint density at radius 1 is 1.45 bits per heavy atom. The summed E-state index contributed by atoms with van der Waals surface area (Å²) in [6.45, 7) is 2.19. The lowest BCUT2D eigenvalue weighted by Gasteiger charge is -2.36. The van der Waals surface area contributed by atoms with Gasteiger partial charge in [0.05, 0.1) is 23.0 Å². The van der Waals surface area contributed by atoms with E-state index in [9.17, 15) is 13.5 Å². The molecule has 0 amide bonds. The number of hydrogen-bond donors (Lipinski definition) is 1. The van der Waals surface area contributed by atoms with Crippen LogP contribution in [0.1, 0.15) is 30.9 Å². The second-order valence-corrected chi connectivity index (χ2v) is 7.43. The van der Waals surface area contributed by atoms with Crippen LogP contribution in [0.15, 0.2) is 24.3 Å². The lowest BCUT2D eigenvalue weighted by molar-refractivity contribution is 0.00935. The minimum atomic E-state index is -3.52. The molecule has 1 aromatic rings. The molecule has 1 unspecified atom stereocenters. The Morgan fingerprint density at radius 2 is 2.15 bits per heavy atom. The Hall–Kier alpha value is -1.42. The van der Waals surface area contributed by atoms with Crippen LogP contribution in [0.25, 0.3) is 0 Å². The molecule has 1 fully saturated rings. The van der Waals surface area contributed by atoms with Crippen LogP contribution in [0.4, 0.5) is 0 Å². The zero-order chi connectivity index (χ0) is 14.8. The molecule has 1 atom stereocenters. The average molecular weight is 294 g/mol. The minimum Gasteiger partial charge on any atom is -0.389 e. The van der Waals surface area contributed by atoms with Gasteiger partial charge < -0.3 is 5.11 Å². The standard InChI is InChI=1S/C14H18N2O3S/c1-14(17)7-4-8-16(11-14)20(18,19)10-13-6-3-2-5-12(13)9-15/h2-3,5-6,17H,4,7-8,10-11H2,1H3. The van der Waals surface area contributed by atoms with Crippen LogP contribution < -0.4 is 0 Å². The molecule has 0 aliphatic carbocycles. The topological polar surface area (TPSA) is 81.4 Å². The minimum absolute atomic E-state index is 0.115. The van der Waals surface area contributed by atoms with Crippen molar-refractivity contribution in [3.8, 4) is 6.07 Å². The maximum absolute atomic E-state index is 12.4. The van der Waals surface area contributed by atoms with E-state index in [2.05, 4.69) is 0 Å². The van der Waals surface area contributed by atoms with Crippen molar-refractivity contribution in [3.63, 3.8) is 0 Å². The fourth-order valence-electron chi connectivity index (χ4n) is 2.45. The van der Waals surface area contributed by atoms with Gasteiger partial charge in [0.1, 0.15) is 0 Å². The highest BCUT2D eigenvalue weighted by molar-refractivity contribution is 7.88. The molecule has 2 rings (SSSR count). The first-order valence-electron chi connectivity index (χ1n) is 6.52. The summed E-state index contributed by atoms with van der Waals surface area (Å²) in [5.74, 6) is -0.202. The van der Waals surface area contributed by atoms with Crippen LogP contribution in [-0.2, 0) is 15.8 Å². The zero-order valence-electron chi connectivity index (χ0n) is 11.4. The van der Waals surface area contributed by atoms with Gasteiger partial charge >= 0.3 is 0 Å². The molecular weight excluding hydrogens is 276 g/mol. The largest absolute Gasteiger partial charge is 0.389 e. The summed E-state index contributed by atoms with van der Waals surface area (Å²) in [7, 11) is -3.52. The summed E-state index contributed by atoms with van der Waals surface area (Å²) in [6, 6.07) is 8.69. The Balaban J connectivity index is 2.21. The monoisotopic (exact) mass is 294 g/mol. The van der Waals surface area contributed by atoms with Crippen LogP contribution in [0.2, 0.25) is 0 Å². The summed E-state index contributed by atoms with van der Waals surface area (Å²) in [5.41, 5.74) is -0.0971. The van der Waals surface area contributed by atoms with E-state index in [1.54, 1.807) is 31.2 Å². The van der Waals surface area contributed by atoms with Crippen molar-refractivity contribution in [1.82, 2.24) is 4.31 Å². The summed E-state index contributed by atoms with van der Waals surface area (Å²) >= 11 is 0. The van der Waals surface area contributed by atoms with Gasteiger partial charge in [-0.2, -0.15) is 9.57 Å². The third kappa shape index (κ3) is 3.37. The quantitative estimate of drug-likeness (QED) is 0.909. The molecule has 1 N–H and O–H groups in total. The molecule has 0 saturated carbocycles. The number of hydrogen-bond acceptors (Lipinski definition) is 4. The van der Waals surface area contributed by atoms with E-state index in [0.717, 1.165) is 0 Å². The highest BCUT2D eigenvalue weighted by atomic mass is 32.2. The maximum atomic E-state index is 12.4. The van der Waals surface area contributed by atoms with Crippen molar-refractivity contribution in [2.24, 2.45) is 0 Å². The average Bonchev–Trinajstić information content (AvgIpc) is 2.38. The molecule has 1 aromatic carbocycles. The molecular formula is C14H18N2O3S. The fraction of sp³-hybridized carbons (Fsp3) is 0.500. The number of nitrogens with zero attached hydrogens (tertiary/aromatic N) is 2. The van der Waals surface area contributed by atoms with E-state index < -0.39 is 15.6 Å². The number of sulfonamides is 1. The molecule has 0 radical (unpaired) electrons. The van der Waals surface area contributed by atoms with Gasteiger partial charge in [0.2, 0.25) is 10.0 Å². The highest BCUT2D eigenvalue weighted by Crippen LogP contribution is 2.24. The Bertz CT molecular complexity index is 632. The van der Waals surface area contributed by atoms with Gasteiger partial charge in [-0.25, -0.2) is 8.42 Å². The lowest BCUT2D eigenvalue weighted by Crippen LogP contribution is -2.48. The normalized spacial score (nSPS) is 24.2. The maximum Gasteiger partial charge on any atom is 0.218 e. The van der Waals surface area contributed by atoms with Gasteiger partial charge in [0, 0.05) is 13.1 Å². The number of rotatable bonds is 3. The van der Waals surface area contributed by atoms with Crippen molar-refractivity contribution in [2.45, 2.75) is 31.1 Å². The second-order valence-electron chi connectivity index (χ2n) is 5.46. The predicted molar refractivity (Wildman–Crippen MR) is 75.2 cm³/mol. The molecule has 108 valence electrons. The van der Waals surface area contributed by atoms with Gasteiger partial charge in [0.15, 0.2) is 0 Å². The first-order chi connectivity index (χ1) is 9.34. The number of benzene rings is 1. The molecule has 0 bridgehead atoms. The second kappa shape index (κ2) is 5.52. The molecule has 0 spiro atoms. The number of β-amino-alcohol motifs (C(OH)–C–C–N with tert-alkyl or cyclic N) is 1. The van der Waals surface area contributed by atoms with Crippen molar-refractivity contribution in [2.75, 3.05) is 13.1 Å². The summed E-state index contributed by atoms with van der Waals surface area (Å²) in [4.78, 5) is 0. The van der Waals surface area contributed by atoms with Gasteiger partial charge in [0.25, 0.3) is 0 Å². The Morgan fingerprint density at radius 3 is 2.80 bits per heavy atom. The molecule has 1 heterocycles. The molecule has 1 aliphatic rings. The van der Waals surface area contributed by atoms with Gasteiger partial charge in [-0.05, 0) is 31.4 Å². The smallest absolute Gasteiger partial charge is 0.218 e. The third-order valence-corrected chi connectivity index (χ3v) is 5.28. The van der Waals surface area contributed by atoms with Crippen LogP contribution in [0, 0.1) is 11.3 Å². The molecule has 1 aliphatic heterocycles. The molecule has 5 nitrogen and oxygen atoms in total. The van der Waals surface area contributed by atoms with E-state index >= 15 is 0 Å². The molecule has 20 heavy (non-hydrogen) atoms. The van der Waals surface area contributed by atoms with Gasteiger partial charge in [-0.1, -0.05) is 18.2 Å². The molecule has 6 heteroatoms. The SMILES string of the molecule is CC1(O)CCCN(S(=O)(=O)Cc2ccccc2C#N)C1. The van der Waals surface area contributed by atoms with Crippen LogP contribution in [-0.4, -0.2) is 36.5 Å². The van der Waals surface area contributed by atoms with E-state index in [4.69, 9.17) is 5.26 Å². The number of piperidine rings is 1. The van der Waals surface area contributed by atoms with E-state index in [-0.39, 0.29) is 12.3 Å². The van der Waals surface area contributed by atoms with E-state index in [1.807, 2.05) is 6.07 Å². The molecule has 0 aromatic heterocycles. The Kier molecular flexibility index (Phi) is 4.14. The fourth-order valence-corrected chi connectivity index (χ4v) is 4.16.